The van der Waals surface area contributed by atoms with Crippen molar-refractivity contribution in [3.8, 4) is 0 Å². The van der Waals surface area contributed by atoms with Crippen LogP contribution in [0.15, 0.2) is 59.8 Å². The Morgan fingerprint density at radius 3 is 2.83 bits per heavy atom. The quantitative estimate of drug-likeness (QED) is 0.524. The Morgan fingerprint density at radius 2 is 2.00 bits per heavy atom. The van der Waals surface area contributed by atoms with Gasteiger partial charge in [0.25, 0.3) is 5.56 Å². The molecular weight excluding hydrogens is 408 g/mol. The molecule has 146 valence electrons. The second-order valence-corrected chi connectivity index (χ2v) is 8.12. The summed E-state index contributed by atoms with van der Waals surface area (Å²) in [5.74, 6) is -0.334. The second-order valence-electron chi connectivity index (χ2n) is 6.60. The monoisotopic (exact) mass is 424 g/mol. The molecule has 0 unspecified atom stereocenters. The van der Waals surface area contributed by atoms with Gasteiger partial charge in [-0.05, 0) is 30.2 Å². The van der Waals surface area contributed by atoms with Gasteiger partial charge in [0.15, 0.2) is 5.13 Å². The molecule has 0 aliphatic heterocycles. The average Bonchev–Trinajstić information content (AvgIpc) is 3.13. The minimum absolute atomic E-state index is 0.130. The van der Waals surface area contributed by atoms with E-state index in [0.29, 0.717) is 27.5 Å². The van der Waals surface area contributed by atoms with Crippen LogP contribution in [0.4, 0.5) is 5.13 Å². The fourth-order valence-electron chi connectivity index (χ4n) is 3.04. The van der Waals surface area contributed by atoms with Crippen molar-refractivity contribution < 1.29 is 4.79 Å². The fraction of sp³-hybridized carbons (Fsp3) is 0.143. The largest absolute Gasteiger partial charge is 0.300 e. The number of carbonyl (C=O) groups excluding carboxylic acids is 1. The van der Waals surface area contributed by atoms with Crippen molar-refractivity contribution in [3.63, 3.8) is 0 Å². The van der Waals surface area contributed by atoms with Gasteiger partial charge in [0.1, 0.15) is 6.54 Å². The van der Waals surface area contributed by atoms with Gasteiger partial charge in [-0.2, -0.15) is 0 Å². The molecule has 0 aliphatic carbocycles. The Labute approximate surface area is 175 Å². The standard InChI is InChI=1S/C21H17ClN4O2S/c1-13-5-4-7-16-19(13)24-12-26(20(16)28)11-18(27)25-21-23-10-15(29-21)9-14-6-2-3-8-17(14)22/h2-8,10,12H,9,11H2,1H3,(H,23,25,27). The van der Waals surface area contributed by atoms with Crippen molar-refractivity contribution in [2.75, 3.05) is 5.32 Å². The highest BCUT2D eigenvalue weighted by Gasteiger charge is 2.12. The summed E-state index contributed by atoms with van der Waals surface area (Å²) in [6, 6.07) is 13.0. The predicted molar refractivity (Wildman–Crippen MR) is 116 cm³/mol. The topological polar surface area (TPSA) is 76.9 Å². The van der Waals surface area contributed by atoms with E-state index in [1.54, 1.807) is 18.3 Å². The molecule has 29 heavy (non-hydrogen) atoms. The average molecular weight is 425 g/mol. The Hall–Kier alpha value is -3.03. The summed E-state index contributed by atoms with van der Waals surface area (Å²) in [6.07, 6.45) is 3.76. The van der Waals surface area contributed by atoms with Crippen molar-refractivity contribution >= 4 is 44.9 Å². The Morgan fingerprint density at radius 1 is 1.17 bits per heavy atom. The maximum atomic E-state index is 12.6. The van der Waals surface area contributed by atoms with Crippen LogP contribution in [0.1, 0.15) is 16.0 Å². The van der Waals surface area contributed by atoms with Gasteiger partial charge in [-0.1, -0.05) is 41.9 Å². The molecule has 0 fully saturated rings. The van der Waals surface area contributed by atoms with E-state index in [1.165, 1.54) is 22.2 Å². The van der Waals surface area contributed by atoms with Crippen LogP contribution in [0.2, 0.25) is 5.02 Å². The molecule has 0 bridgehead atoms. The fourth-order valence-corrected chi connectivity index (χ4v) is 4.09. The van der Waals surface area contributed by atoms with E-state index < -0.39 is 0 Å². The highest BCUT2D eigenvalue weighted by atomic mass is 35.5. The molecule has 2 heterocycles. The van der Waals surface area contributed by atoms with Crippen LogP contribution in [-0.2, 0) is 17.8 Å². The number of aryl methyl sites for hydroxylation is 1. The molecule has 2 aromatic heterocycles. The van der Waals surface area contributed by atoms with Crippen molar-refractivity contribution in [2.24, 2.45) is 0 Å². The van der Waals surface area contributed by atoms with E-state index >= 15 is 0 Å². The van der Waals surface area contributed by atoms with E-state index in [1.807, 2.05) is 37.3 Å². The molecular formula is C21H17ClN4O2S. The third-order valence-corrected chi connectivity index (χ3v) is 5.77. The molecule has 0 saturated heterocycles. The Kier molecular flexibility index (Phi) is 5.42. The van der Waals surface area contributed by atoms with Gasteiger partial charge in [-0.3, -0.25) is 14.2 Å². The maximum Gasteiger partial charge on any atom is 0.261 e. The van der Waals surface area contributed by atoms with Gasteiger partial charge in [0, 0.05) is 22.5 Å². The highest BCUT2D eigenvalue weighted by Crippen LogP contribution is 2.24. The number of nitrogens with zero attached hydrogens (tertiary/aromatic N) is 3. The molecule has 2 aromatic carbocycles. The van der Waals surface area contributed by atoms with Crippen molar-refractivity contribution in [1.29, 1.82) is 0 Å². The van der Waals surface area contributed by atoms with Gasteiger partial charge >= 0.3 is 0 Å². The number of benzene rings is 2. The molecule has 0 radical (unpaired) electrons. The van der Waals surface area contributed by atoms with Crippen LogP contribution < -0.4 is 10.9 Å². The van der Waals surface area contributed by atoms with E-state index in [9.17, 15) is 9.59 Å². The summed E-state index contributed by atoms with van der Waals surface area (Å²) in [5, 5.41) is 4.42. The number of hydrogen-bond acceptors (Lipinski definition) is 5. The number of para-hydroxylation sites is 1. The lowest BCUT2D eigenvalue weighted by Crippen LogP contribution is -2.28. The number of hydrogen-bond donors (Lipinski definition) is 1. The molecule has 0 saturated carbocycles. The zero-order valence-electron chi connectivity index (χ0n) is 15.6. The zero-order chi connectivity index (χ0) is 20.4. The van der Waals surface area contributed by atoms with Crippen molar-refractivity contribution in [2.45, 2.75) is 19.9 Å². The van der Waals surface area contributed by atoms with Gasteiger partial charge in [-0.15, -0.1) is 11.3 Å². The molecule has 1 N–H and O–H groups in total. The van der Waals surface area contributed by atoms with Crippen LogP contribution in [0.25, 0.3) is 10.9 Å². The minimum Gasteiger partial charge on any atom is -0.300 e. The molecule has 8 heteroatoms. The van der Waals surface area contributed by atoms with Gasteiger partial charge in [0.2, 0.25) is 5.91 Å². The molecule has 1 amide bonds. The van der Waals surface area contributed by atoms with Crippen LogP contribution in [0.3, 0.4) is 0 Å². The van der Waals surface area contributed by atoms with Crippen LogP contribution in [0.5, 0.6) is 0 Å². The third kappa shape index (κ3) is 4.21. The van der Waals surface area contributed by atoms with Crippen LogP contribution >= 0.6 is 22.9 Å². The SMILES string of the molecule is Cc1cccc2c(=O)n(CC(=O)Nc3ncc(Cc4ccccc4Cl)s3)cnc12. The lowest BCUT2D eigenvalue weighted by molar-refractivity contribution is -0.116. The summed E-state index contributed by atoms with van der Waals surface area (Å²) >= 11 is 7.58. The zero-order valence-corrected chi connectivity index (χ0v) is 17.1. The second kappa shape index (κ2) is 8.14. The number of anilines is 1. The number of carbonyl (C=O) groups is 1. The molecule has 4 aromatic rings. The summed E-state index contributed by atoms with van der Waals surface area (Å²) in [4.78, 5) is 34.6. The summed E-state index contributed by atoms with van der Waals surface area (Å²) in [5.41, 5.74) is 2.33. The Balaban J connectivity index is 1.46. The normalized spacial score (nSPS) is 11.0. The highest BCUT2D eigenvalue weighted by molar-refractivity contribution is 7.15. The summed E-state index contributed by atoms with van der Waals surface area (Å²) in [7, 11) is 0. The van der Waals surface area contributed by atoms with E-state index in [0.717, 1.165) is 16.0 Å². The molecule has 6 nitrogen and oxygen atoms in total. The Bertz CT molecular complexity index is 1270. The first-order valence-corrected chi connectivity index (χ1v) is 10.1. The van der Waals surface area contributed by atoms with Gasteiger partial charge in [-0.25, -0.2) is 9.97 Å². The van der Waals surface area contributed by atoms with E-state index in [-0.39, 0.29) is 18.0 Å². The van der Waals surface area contributed by atoms with Crippen molar-refractivity contribution in [1.82, 2.24) is 14.5 Å². The van der Waals surface area contributed by atoms with Crippen molar-refractivity contribution in [3.05, 3.63) is 86.4 Å². The van der Waals surface area contributed by atoms with E-state index in [2.05, 4.69) is 15.3 Å². The van der Waals surface area contributed by atoms with Gasteiger partial charge < -0.3 is 5.32 Å². The number of thiazole rings is 1. The summed E-state index contributed by atoms with van der Waals surface area (Å²) in [6.45, 7) is 1.77. The molecule has 0 atom stereocenters. The van der Waals surface area contributed by atoms with Crippen LogP contribution in [0, 0.1) is 6.92 Å². The number of rotatable bonds is 5. The summed E-state index contributed by atoms with van der Waals surface area (Å²) < 4.78 is 1.30. The molecule has 4 rings (SSSR count). The first kappa shape index (κ1) is 19.3. The molecule has 0 aliphatic rings. The first-order valence-electron chi connectivity index (χ1n) is 8.94. The number of halogens is 1. The maximum absolute atomic E-state index is 12.6. The number of fused-ring (bicyclic) bond motifs is 1. The third-order valence-electron chi connectivity index (χ3n) is 4.49. The number of amides is 1. The first-order chi connectivity index (χ1) is 14.0. The molecule has 0 spiro atoms. The predicted octanol–water partition coefficient (Wildman–Crippen LogP) is 4.04. The lowest BCUT2D eigenvalue weighted by atomic mass is 10.1. The number of aromatic nitrogens is 3. The lowest BCUT2D eigenvalue weighted by Gasteiger charge is -2.07. The van der Waals surface area contributed by atoms with Gasteiger partial charge in [0.05, 0.1) is 17.2 Å². The van der Waals surface area contributed by atoms with Crippen LogP contribution in [-0.4, -0.2) is 20.4 Å². The minimum atomic E-state index is -0.334. The number of nitrogens with one attached hydrogen (secondary N) is 1. The van der Waals surface area contributed by atoms with E-state index in [4.69, 9.17) is 11.6 Å². The smallest absolute Gasteiger partial charge is 0.261 e.